The van der Waals surface area contributed by atoms with Crippen molar-refractivity contribution in [3.63, 3.8) is 0 Å². The lowest BCUT2D eigenvalue weighted by Crippen LogP contribution is -2.33. The van der Waals surface area contributed by atoms with Crippen LogP contribution >= 0.6 is 11.6 Å². The zero-order valence-corrected chi connectivity index (χ0v) is 15.6. The van der Waals surface area contributed by atoms with Crippen LogP contribution in [0.25, 0.3) is 0 Å². The second-order valence-corrected chi connectivity index (χ2v) is 7.85. The van der Waals surface area contributed by atoms with Gasteiger partial charge in [-0.2, -0.15) is 0 Å². The molecule has 1 aromatic rings. The third-order valence-electron chi connectivity index (χ3n) is 3.68. The van der Waals surface area contributed by atoms with Gasteiger partial charge in [-0.1, -0.05) is 18.2 Å². The van der Waals surface area contributed by atoms with Crippen LogP contribution in [-0.2, 0) is 4.74 Å². The van der Waals surface area contributed by atoms with Gasteiger partial charge in [0.25, 0.3) is 0 Å². The highest BCUT2D eigenvalue weighted by Crippen LogP contribution is 2.50. The number of hydrogen-bond acceptors (Lipinski definition) is 3. The fourth-order valence-corrected chi connectivity index (χ4v) is 2.70. The molecular formula is C19H26ClNO3. The Morgan fingerprint density at radius 2 is 2.12 bits per heavy atom. The van der Waals surface area contributed by atoms with Crippen LogP contribution < -0.4 is 10.1 Å². The molecule has 1 aliphatic carbocycles. The summed E-state index contributed by atoms with van der Waals surface area (Å²) in [6, 6.07) is 5.68. The molecule has 0 radical (unpaired) electrons. The van der Waals surface area contributed by atoms with Crippen molar-refractivity contribution in [1.82, 2.24) is 5.32 Å². The monoisotopic (exact) mass is 351 g/mol. The van der Waals surface area contributed by atoms with Crippen LogP contribution in [0.15, 0.2) is 30.4 Å². The van der Waals surface area contributed by atoms with Crippen LogP contribution in [-0.4, -0.2) is 24.8 Å². The molecule has 24 heavy (non-hydrogen) atoms. The van der Waals surface area contributed by atoms with Crippen LogP contribution in [0.3, 0.4) is 0 Å². The molecule has 0 saturated heterocycles. The molecular weight excluding hydrogens is 326 g/mol. The van der Waals surface area contributed by atoms with E-state index in [0.717, 1.165) is 23.3 Å². The summed E-state index contributed by atoms with van der Waals surface area (Å²) in [5.41, 5.74) is 1.58. The topological polar surface area (TPSA) is 47.6 Å². The van der Waals surface area contributed by atoms with Gasteiger partial charge in [0.05, 0.1) is 0 Å². The Labute approximate surface area is 149 Å². The predicted octanol–water partition coefficient (Wildman–Crippen LogP) is 4.92. The van der Waals surface area contributed by atoms with Crippen LogP contribution in [0.5, 0.6) is 5.75 Å². The molecule has 1 saturated carbocycles. The summed E-state index contributed by atoms with van der Waals surface area (Å²) in [6.45, 7) is 12.4. The molecule has 2 unspecified atom stereocenters. The van der Waals surface area contributed by atoms with E-state index in [1.807, 2.05) is 45.9 Å². The number of amides is 1. The first-order valence-electron chi connectivity index (χ1n) is 8.19. The van der Waals surface area contributed by atoms with Crippen molar-refractivity contribution in [2.75, 3.05) is 13.2 Å². The van der Waals surface area contributed by atoms with E-state index in [4.69, 9.17) is 21.1 Å². The van der Waals surface area contributed by atoms with Crippen molar-refractivity contribution >= 4 is 17.7 Å². The Bertz CT molecular complexity index is 622. The maximum absolute atomic E-state index is 11.7. The molecule has 1 amide bonds. The van der Waals surface area contributed by atoms with E-state index in [-0.39, 0.29) is 6.09 Å². The molecule has 1 aliphatic rings. The normalized spacial score (nSPS) is 19.5. The molecule has 0 spiro atoms. The Hall–Kier alpha value is -1.68. The van der Waals surface area contributed by atoms with E-state index >= 15 is 0 Å². The average molecular weight is 352 g/mol. The summed E-state index contributed by atoms with van der Waals surface area (Å²) in [4.78, 5) is 11.7. The van der Waals surface area contributed by atoms with E-state index in [2.05, 4.69) is 11.9 Å². The summed E-state index contributed by atoms with van der Waals surface area (Å²) in [7, 11) is 0. The van der Waals surface area contributed by atoms with Gasteiger partial charge in [0.2, 0.25) is 0 Å². The van der Waals surface area contributed by atoms with Crippen LogP contribution in [0.1, 0.15) is 45.6 Å². The van der Waals surface area contributed by atoms with E-state index in [9.17, 15) is 4.79 Å². The first-order valence-corrected chi connectivity index (χ1v) is 8.57. The fraction of sp³-hybridized carbons (Fsp3) is 0.526. The summed E-state index contributed by atoms with van der Waals surface area (Å²) in [5, 5.41) is 3.53. The molecule has 2 atom stereocenters. The number of benzene rings is 1. The van der Waals surface area contributed by atoms with E-state index in [1.165, 1.54) is 0 Å². The highest BCUT2D eigenvalue weighted by Gasteiger charge is 2.40. The van der Waals surface area contributed by atoms with Crippen molar-refractivity contribution in [2.24, 2.45) is 5.92 Å². The second kappa shape index (κ2) is 7.47. The number of ether oxygens (including phenoxy) is 2. The third-order valence-corrected chi connectivity index (χ3v) is 3.91. The minimum Gasteiger partial charge on any atom is -0.489 e. The van der Waals surface area contributed by atoms with Crippen molar-refractivity contribution in [2.45, 2.75) is 45.6 Å². The van der Waals surface area contributed by atoms with Gasteiger partial charge in [0, 0.05) is 11.6 Å². The van der Waals surface area contributed by atoms with E-state index < -0.39 is 5.60 Å². The highest BCUT2D eigenvalue weighted by molar-refractivity contribution is 6.30. The minimum atomic E-state index is -0.483. The lowest BCUT2D eigenvalue weighted by Gasteiger charge is -2.19. The van der Waals surface area contributed by atoms with Gasteiger partial charge in [0.1, 0.15) is 18.0 Å². The lowest BCUT2D eigenvalue weighted by atomic mass is 10.1. The van der Waals surface area contributed by atoms with Crippen molar-refractivity contribution in [1.29, 1.82) is 0 Å². The van der Waals surface area contributed by atoms with Crippen molar-refractivity contribution in [3.05, 3.63) is 40.9 Å². The predicted molar refractivity (Wildman–Crippen MR) is 96.8 cm³/mol. The van der Waals surface area contributed by atoms with Crippen LogP contribution in [0.4, 0.5) is 4.79 Å². The largest absolute Gasteiger partial charge is 0.489 e. The molecule has 0 aromatic heterocycles. The van der Waals surface area contributed by atoms with Crippen molar-refractivity contribution in [3.8, 4) is 5.75 Å². The number of halogens is 1. The quantitative estimate of drug-likeness (QED) is 0.740. The fourth-order valence-electron chi connectivity index (χ4n) is 2.52. The Balaban J connectivity index is 1.93. The zero-order chi connectivity index (χ0) is 17.9. The molecule has 5 heteroatoms. The molecule has 0 aliphatic heterocycles. The zero-order valence-electron chi connectivity index (χ0n) is 14.8. The van der Waals surface area contributed by atoms with E-state index in [0.29, 0.717) is 30.0 Å². The van der Waals surface area contributed by atoms with Crippen LogP contribution in [0, 0.1) is 5.92 Å². The Morgan fingerprint density at radius 1 is 1.42 bits per heavy atom. The highest BCUT2D eigenvalue weighted by atomic mass is 35.5. The number of carbonyl (C=O) groups excluding carboxylic acids is 1. The maximum atomic E-state index is 11.7. The molecule has 1 aromatic carbocycles. The number of rotatable bonds is 6. The number of hydrogen-bond donors (Lipinski definition) is 1. The van der Waals surface area contributed by atoms with Crippen LogP contribution in [0.2, 0.25) is 5.02 Å². The summed E-state index contributed by atoms with van der Waals surface area (Å²) >= 11 is 6.14. The van der Waals surface area contributed by atoms with Gasteiger partial charge in [-0.05, 0) is 75.3 Å². The van der Waals surface area contributed by atoms with E-state index in [1.54, 1.807) is 0 Å². The smallest absolute Gasteiger partial charge is 0.407 e. The Kier molecular flexibility index (Phi) is 5.81. The molecule has 1 fully saturated rings. The molecule has 4 nitrogen and oxygen atoms in total. The van der Waals surface area contributed by atoms with Crippen molar-refractivity contribution < 1.29 is 14.3 Å². The Morgan fingerprint density at radius 3 is 2.75 bits per heavy atom. The maximum Gasteiger partial charge on any atom is 0.407 e. The van der Waals surface area contributed by atoms with Gasteiger partial charge in [-0.25, -0.2) is 4.79 Å². The number of carbonyl (C=O) groups is 1. The SMILES string of the molecule is C=C(C)COc1ccc(Cl)cc1C1CC1CNC(=O)OC(C)(C)C. The second-order valence-electron chi connectivity index (χ2n) is 7.41. The van der Waals surface area contributed by atoms with Gasteiger partial charge >= 0.3 is 6.09 Å². The van der Waals surface area contributed by atoms with Gasteiger partial charge < -0.3 is 14.8 Å². The molecule has 2 rings (SSSR count). The number of alkyl carbamates (subject to hydrolysis) is 1. The van der Waals surface area contributed by atoms with Gasteiger partial charge in [0.15, 0.2) is 0 Å². The molecule has 132 valence electrons. The standard InChI is InChI=1S/C19H26ClNO3/c1-12(2)11-23-17-7-6-14(20)9-16(17)15-8-13(15)10-21-18(22)24-19(3,4)5/h6-7,9,13,15H,1,8,10-11H2,2-5H3,(H,21,22). The molecule has 0 heterocycles. The summed E-state index contributed by atoms with van der Waals surface area (Å²) < 4.78 is 11.1. The first kappa shape index (κ1) is 18.7. The minimum absolute atomic E-state index is 0.346. The first-order chi connectivity index (χ1) is 11.2. The summed E-state index contributed by atoms with van der Waals surface area (Å²) in [6.07, 6.45) is 0.623. The average Bonchev–Trinajstić information content (AvgIpc) is 3.21. The summed E-state index contributed by atoms with van der Waals surface area (Å²) in [5.74, 6) is 1.56. The number of nitrogens with one attached hydrogen (secondary N) is 1. The lowest BCUT2D eigenvalue weighted by molar-refractivity contribution is 0.0525. The van der Waals surface area contributed by atoms with Gasteiger partial charge in [-0.3, -0.25) is 0 Å². The molecule has 0 bridgehead atoms. The molecule has 1 N–H and O–H groups in total. The third kappa shape index (κ3) is 5.75. The van der Waals surface area contributed by atoms with Gasteiger partial charge in [-0.15, -0.1) is 0 Å².